The summed E-state index contributed by atoms with van der Waals surface area (Å²) in [6.45, 7) is 0. The van der Waals surface area contributed by atoms with Crippen LogP contribution in [0.3, 0.4) is 0 Å². The van der Waals surface area contributed by atoms with Gasteiger partial charge in [0, 0.05) is 38.8 Å². The molecule has 0 radical (unpaired) electrons. The van der Waals surface area contributed by atoms with E-state index in [9.17, 15) is 8.42 Å². The van der Waals surface area contributed by atoms with Gasteiger partial charge >= 0.3 is 0 Å². The number of rotatable bonds is 3. The molecule has 0 saturated carbocycles. The molecule has 10 aromatic rings. The molecule has 0 fully saturated rings. The number of aromatic nitrogens is 3. The minimum atomic E-state index is -3.95. The van der Waals surface area contributed by atoms with E-state index in [4.69, 9.17) is 9.72 Å². The number of nitrogens with zero attached hydrogens (tertiary/aromatic N) is 3. The zero-order chi connectivity index (χ0) is 37.9. The summed E-state index contributed by atoms with van der Waals surface area (Å²) < 4.78 is 41.0. The molecule has 1 spiro atoms. The predicted octanol–water partition coefficient (Wildman–Crippen LogP) is 11.4. The lowest BCUT2D eigenvalue weighted by Gasteiger charge is -2.45. The van der Waals surface area contributed by atoms with Crippen molar-refractivity contribution in [2.75, 3.05) is 0 Å². The Balaban J connectivity index is 1.19. The summed E-state index contributed by atoms with van der Waals surface area (Å²) in [6, 6.07) is 62.8. The molecule has 0 atom stereocenters. The van der Waals surface area contributed by atoms with E-state index in [1.807, 2.05) is 109 Å². The summed E-state index contributed by atoms with van der Waals surface area (Å²) in [5, 5.41) is 1.83. The molecule has 2 aliphatic rings. The van der Waals surface area contributed by atoms with Crippen LogP contribution in [-0.2, 0) is 15.3 Å². The third-order valence-electron chi connectivity index (χ3n) is 11.8. The third-order valence-corrected chi connectivity index (χ3v) is 13.6. The van der Waals surface area contributed by atoms with Crippen LogP contribution in [0.25, 0.3) is 55.6 Å². The number of hydrogen-bond donors (Lipinski definition) is 0. The Hall–Kier alpha value is -7.22. The van der Waals surface area contributed by atoms with E-state index in [0.717, 1.165) is 66.7 Å². The number of ether oxygens (including phenoxy) is 1. The summed E-state index contributed by atoms with van der Waals surface area (Å²) in [4.78, 5) is 5.71. The fraction of sp³-hybridized carbons (Fsp3) is 0.0200. The van der Waals surface area contributed by atoms with Crippen molar-refractivity contribution in [3.05, 3.63) is 210 Å². The zero-order valence-corrected chi connectivity index (χ0v) is 31.2. The SMILES string of the molecule is O=S1(=O)c2ccccc2C2(c3ccccc3Oc3ccccc32)c2cc3c(cc21)c1ccccc1n3-c1cccc(-n2c(-c3ccccc3)nc3ccccc32)c1. The number of sulfone groups is 1. The first-order valence-corrected chi connectivity index (χ1v) is 20.4. The van der Waals surface area contributed by atoms with E-state index in [-0.39, 0.29) is 0 Å². The smallest absolute Gasteiger partial charge is 0.207 e. The zero-order valence-electron chi connectivity index (χ0n) is 30.4. The van der Waals surface area contributed by atoms with Crippen molar-refractivity contribution in [3.8, 4) is 34.3 Å². The van der Waals surface area contributed by atoms with Gasteiger partial charge in [0.15, 0.2) is 0 Å². The fourth-order valence-corrected chi connectivity index (χ4v) is 11.3. The highest BCUT2D eigenvalue weighted by Crippen LogP contribution is 2.60. The largest absolute Gasteiger partial charge is 0.457 e. The van der Waals surface area contributed by atoms with Crippen LogP contribution < -0.4 is 4.74 Å². The van der Waals surface area contributed by atoms with Gasteiger partial charge in [-0.15, -0.1) is 0 Å². The van der Waals surface area contributed by atoms with Gasteiger partial charge in [0.2, 0.25) is 9.84 Å². The molecule has 0 saturated heterocycles. The van der Waals surface area contributed by atoms with Crippen LogP contribution in [0.15, 0.2) is 198 Å². The van der Waals surface area contributed by atoms with E-state index in [0.29, 0.717) is 32.4 Å². The highest BCUT2D eigenvalue weighted by molar-refractivity contribution is 7.91. The van der Waals surface area contributed by atoms with Crippen LogP contribution in [0.2, 0.25) is 0 Å². The lowest BCUT2D eigenvalue weighted by Crippen LogP contribution is -2.39. The quantitative estimate of drug-likeness (QED) is 0.180. The molecule has 7 heteroatoms. The maximum atomic E-state index is 15.0. The standard InChI is InChI=1S/C50H31N3O3S/c54-57(55)47-28-13-7-22-39(47)50(37-20-5-11-26-45(37)56-46-27-12-6-21-38(46)50)40-31-44-36(30-48(40)57)35-19-4-9-24-42(35)52(44)33-17-14-18-34(29-33)53-43-25-10-8-23-41(43)51-49(53)32-15-2-1-3-16-32/h1-31H. The average molecular weight is 754 g/mol. The van der Waals surface area contributed by atoms with E-state index >= 15 is 0 Å². The molecular weight excluding hydrogens is 723 g/mol. The number of fused-ring (bicyclic) bond motifs is 12. The lowest BCUT2D eigenvalue weighted by molar-refractivity contribution is 0.429. The molecule has 0 amide bonds. The second-order valence-corrected chi connectivity index (χ2v) is 16.6. The van der Waals surface area contributed by atoms with Crippen molar-refractivity contribution in [1.29, 1.82) is 0 Å². The van der Waals surface area contributed by atoms with Gasteiger partial charge in [-0.25, -0.2) is 13.4 Å². The van der Waals surface area contributed by atoms with Gasteiger partial charge < -0.3 is 9.30 Å². The van der Waals surface area contributed by atoms with Crippen LogP contribution in [-0.4, -0.2) is 22.5 Å². The molecule has 57 heavy (non-hydrogen) atoms. The van der Waals surface area contributed by atoms with Crippen molar-refractivity contribution in [2.24, 2.45) is 0 Å². The van der Waals surface area contributed by atoms with Crippen molar-refractivity contribution in [3.63, 3.8) is 0 Å². The molecule has 0 N–H and O–H groups in total. The second kappa shape index (κ2) is 11.6. The Morgan fingerprint density at radius 2 is 1.07 bits per heavy atom. The molecule has 6 nitrogen and oxygen atoms in total. The molecule has 270 valence electrons. The molecule has 2 aromatic heterocycles. The Morgan fingerprint density at radius 3 is 1.84 bits per heavy atom. The average Bonchev–Trinajstić information content (AvgIpc) is 3.81. The van der Waals surface area contributed by atoms with Crippen molar-refractivity contribution < 1.29 is 13.2 Å². The highest BCUT2D eigenvalue weighted by Gasteiger charge is 2.53. The van der Waals surface area contributed by atoms with E-state index in [1.165, 1.54) is 0 Å². The Bertz CT molecular complexity index is 3370. The number of para-hydroxylation sites is 5. The summed E-state index contributed by atoms with van der Waals surface area (Å²) in [7, 11) is -3.95. The summed E-state index contributed by atoms with van der Waals surface area (Å²) in [5.41, 5.74) is 8.94. The minimum absolute atomic E-state index is 0.300. The molecule has 0 bridgehead atoms. The normalized spacial score (nSPS) is 14.5. The molecule has 8 aromatic carbocycles. The van der Waals surface area contributed by atoms with Crippen molar-refractivity contribution >= 4 is 42.7 Å². The van der Waals surface area contributed by atoms with E-state index < -0.39 is 15.3 Å². The van der Waals surface area contributed by atoms with Crippen molar-refractivity contribution in [2.45, 2.75) is 15.2 Å². The first-order chi connectivity index (χ1) is 28.0. The van der Waals surface area contributed by atoms with Gasteiger partial charge in [0.1, 0.15) is 17.3 Å². The van der Waals surface area contributed by atoms with E-state index in [1.54, 1.807) is 6.07 Å². The minimum Gasteiger partial charge on any atom is -0.457 e. The van der Waals surface area contributed by atoms with Crippen LogP contribution in [0.1, 0.15) is 22.3 Å². The molecule has 12 rings (SSSR count). The summed E-state index contributed by atoms with van der Waals surface area (Å²) >= 11 is 0. The molecule has 0 aliphatic carbocycles. The van der Waals surface area contributed by atoms with Crippen molar-refractivity contribution in [1.82, 2.24) is 14.1 Å². The first kappa shape index (κ1) is 32.1. The third kappa shape index (κ3) is 4.29. The number of hydrogen-bond acceptors (Lipinski definition) is 4. The Kier molecular flexibility index (Phi) is 6.55. The second-order valence-electron chi connectivity index (χ2n) is 14.7. The predicted molar refractivity (Wildman–Crippen MR) is 225 cm³/mol. The van der Waals surface area contributed by atoms with Gasteiger partial charge in [-0.3, -0.25) is 4.57 Å². The maximum absolute atomic E-state index is 15.0. The van der Waals surface area contributed by atoms with Crippen LogP contribution in [0, 0.1) is 0 Å². The van der Waals surface area contributed by atoms with Gasteiger partial charge in [-0.1, -0.05) is 121 Å². The highest BCUT2D eigenvalue weighted by atomic mass is 32.2. The van der Waals surface area contributed by atoms with E-state index in [2.05, 4.69) is 81.9 Å². The van der Waals surface area contributed by atoms with Gasteiger partial charge in [0.25, 0.3) is 0 Å². The first-order valence-electron chi connectivity index (χ1n) is 19.0. The summed E-state index contributed by atoms with van der Waals surface area (Å²) in [6.07, 6.45) is 0. The van der Waals surface area contributed by atoms with Crippen LogP contribution >= 0.6 is 0 Å². The topological polar surface area (TPSA) is 66.1 Å². The van der Waals surface area contributed by atoms with Gasteiger partial charge in [-0.05, 0) is 77.9 Å². The monoisotopic (exact) mass is 753 g/mol. The van der Waals surface area contributed by atoms with Crippen LogP contribution in [0.5, 0.6) is 11.5 Å². The molecule has 0 unspecified atom stereocenters. The Labute approximate surface area is 328 Å². The Morgan fingerprint density at radius 1 is 0.456 bits per heavy atom. The van der Waals surface area contributed by atoms with Gasteiger partial charge in [0.05, 0.1) is 37.3 Å². The molecular formula is C50H31N3O3S. The fourth-order valence-electron chi connectivity index (χ4n) is 9.48. The summed E-state index contributed by atoms with van der Waals surface area (Å²) in [5.74, 6) is 2.26. The van der Waals surface area contributed by atoms with Crippen LogP contribution in [0.4, 0.5) is 0 Å². The molecule has 2 aliphatic heterocycles. The van der Waals surface area contributed by atoms with Gasteiger partial charge in [-0.2, -0.15) is 0 Å². The maximum Gasteiger partial charge on any atom is 0.207 e. The number of benzene rings is 8. The molecule has 4 heterocycles. The lowest BCUT2D eigenvalue weighted by atomic mass is 9.63. The number of imidazole rings is 1.